The van der Waals surface area contributed by atoms with Gasteiger partial charge in [0.1, 0.15) is 6.04 Å². The first-order valence-electron chi connectivity index (χ1n) is 10.7. The third kappa shape index (κ3) is 3.12. The zero-order valence-corrected chi connectivity index (χ0v) is 18.1. The molecule has 0 saturated carbocycles. The van der Waals surface area contributed by atoms with Gasteiger partial charge in [0, 0.05) is 38.1 Å². The Bertz CT molecular complexity index is 1470. The lowest BCUT2D eigenvalue weighted by Gasteiger charge is -2.32. The van der Waals surface area contributed by atoms with Crippen molar-refractivity contribution in [2.45, 2.75) is 25.8 Å². The lowest BCUT2D eigenvalue weighted by Crippen LogP contribution is -2.41. The maximum atomic E-state index is 13.5. The highest BCUT2D eigenvalue weighted by molar-refractivity contribution is 5.90. The van der Waals surface area contributed by atoms with Gasteiger partial charge in [-0.2, -0.15) is 10.2 Å². The zero-order valence-electron chi connectivity index (χ0n) is 18.1. The molecule has 0 aliphatic carbocycles. The number of pyridine rings is 1. The Morgan fingerprint density at radius 3 is 3.06 bits per heavy atom. The van der Waals surface area contributed by atoms with Crippen LogP contribution in [0.4, 0.5) is 0 Å². The predicted octanol–water partition coefficient (Wildman–Crippen LogP) is 2.19. The van der Waals surface area contributed by atoms with Crippen molar-refractivity contribution in [3.63, 3.8) is 0 Å². The molecule has 0 radical (unpaired) electrons. The quantitative estimate of drug-likeness (QED) is 0.452. The van der Waals surface area contributed by atoms with Crippen LogP contribution in [0.1, 0.15) is 46.3 Å². The summed E-state index contributed by atoms with van der Waals surface area (Å²) in [7, 11) is 1.80. The summed E-state index contributed by atoms with van der Waals surface area (Å²) in [5.74, 6) is -0.180. The molecule has 1 amide bonds. The minimum atomic E-state index is -0.467. The average molecular weight is 443 g/mol. The number of nitrogens with one attached hydrogen (secondary N) is 1. The summed E-state index contributed by atoms with van der Waals surface area (Å²) >= 11 is 0. The Hall–Kier alpha value is -4.28. The van der Waals surface area contributed by atoms with Crippen LogP contribution in [0, 0.1) is 0 Å². The van der Waals surface area contributed by atoms with Crippen LogP contribution in [-0.2, 0) is 19.9 Å². The number of amides is 1. The first-order valence-corrected chi connectivity index (χ1v) is 10.7. The van der Waals surface area contributed by atoms with Crippen molar-refractivity contribution in [2.75, 3.05) is 6.54 Å². The van der Waals surface area contributed by atoms with Crippen molar-refractivity contribution in [1.29, 1.82) is 0 Å². The van der Waals surface area contributed by atoms with Crippen LogP contribution >= 0.6 is 0 Å². The van der Waals surface area contributed by atoms with E-state index in [2.05, 4.69) is 38.3 Å². The molecule has 5 aromatic rings. The molecule has 1 aliphatic heterocycles. The van der Waals surface area contributed by atoms with Crippen molar-refractivity contribution in [1.82, 2.24) is 44.5 Å². The van der Waals surface area contributed by atoms with Crippen LogP contribution in [0.25, 0.3) is 17.0 Å². The van der Waals surface area contributed by atoms with Crippen LogP contribution in [-0.4, -0.2) is 56.9 Å². The number of H-pyrrole nitrogens is 1. The van der Waals surface area contributed by atoms with Gasteiger partial charge in [0.15, 0.2) is 0 Å². The van der Waals surface area contributed by atoms with Crippen LogP contribution in [0.15, 0.2) is 47.5 Å². The fourth-order valence-corrected chi connectivity index (χ4v) is 4.40. The van der Waals surface area contributed by atoms with E-state index in [0.717, 1.165) is 29.0 Å². The van der Waals surface area contributed by atoms with Crippen LogP contribution in [0.5, 0.6) is 0 Å². The second kappa shape index (κ2) is 7.40. The summed E-state index contributed by atoms with van der Waals surface area (Å²) in [5, 5.41) is 17.0. The topological polar surface area (TPSA) is 123 Å². The number of carbonyl (C=O) groups is 1. The SMILES string of the molecule is CCc1cccn2nc([C@@H]3c4nc[nH]c4CCN3C(=O)c3nnc(-c4cnn(C)c4)o3)cc12. The number of carbonyl (C=O) groups excluding carboxylic acids is 1. The van der Waals surface area contributed by atoms with E-state index in [1.807, 2.05) is 22.8 Å². The highest BCUT2D eigenvalue weighted by Crippen LogP contribution is 2.34. The van der Waals surface area contributed by atoms with E-state index in [1.54, 1.807) is 35.4 Å². The molecule has 0 aromatic carbocycles. The van der Waals surface area contributed by atoms with Crippen molar-refractivity contribution in [3.05, 3.63) is 71.7 Å². The summed E-state index contributed by atoms with van der Waals surface area (Å²) < 4.78 is 9.21. The van der Waals surface area contributed by atoms with Crippen LogP contribution in [0.2, 0.25) is 0 Å². The predicted molar refractivity (Wildman–Crippen MR) is 116 cm³/mol. The highest BCUT2D eigenvalue weighted by atomic mass is 16.4. The van der Waals surface area contributed by atoms with Crippen molar-refractivity contribution in [2.24, 2.45) is 7.05 Å². The Morgan fingerprint density at radius 1 is 1.33 bits per heavy atom. The third-order valence-corrected chi connectivity index (χ3v) is 6.01. The smallest absolute Gasteiger partial charge is 0.312 e. The van der Waals surface area contributed by atoms with Gasteiger partial charge in [-0.1, -0.05) is 13.0 Å². The molecule has 5 aromatic heterocycles. The van der Waals surface area contributed by atoms with Gasteiger partial charge in [0.2, 0.25) is 0 Å². The van der Waals surface area contributed by atoms with E-state index in [0.29, 0.717) is 18.5 Å². The number of hydrogen-bond acceptors (Lipinski definition) is 7. The van der Waals surface area contributed by atoms with Gasteiger partial charge in [0.05, 0.1) is 35.0 Å². The minimum absolute atomic E-state index is 0.0733. The number of aryl methyl sites for hydroxylation is 2. The maximum absolute atomic E-state index is 13.5. The van der Waals surface area contributed by atoms with Gasteiger partial charge in [-0.15, -0.1) is 10.2 Å². The molecule has 0 spiro atoms. The molecule has 166 valence electrons. The molecule has 1 aliphatic rings. The molecule has 0 unspecified atom stereocenters. The van der Waals surface area contributed by atoms with E-state index in [-0.39, 0.29) is 17.7 Å². The number of aromatic nitrogens is 8. The molecule has 0 saturated heterocycles. The van der Waals surface area contributed by atoms with Crippen LogP contribution in [0.3, 0.4) is 0 Å². The standard InChI is InChI=1S/C22H21N9O2/c1-3-13-5-4-7-31-17(13)9-16(28-31)19-18-15(23-12-24-18)6-8-30(19)22(32)21-27-26-20(33-21)14-10-25-29(2)11-14/h4-5,7,9-12,19H,3,6,8H2,1-2H3,(H,23,24)/t19-/m1/s1. The largest absolute Gasteiger partial charge is 0.412 e. The summed E-state index contributed by atoms with van der Waals surface area (Å²) in [4.78, 5) is 23.0. The summed E-state index contributed by atoms with van der Waals surface area (Å²) in [6.07, 6.45) is 8.47. The van der Waals surface area contributed by atoms with E-state index in [1.165, 1.54) is 5.56 Å². The van der Waals surface area contributed by atoms with Crippen molar-refractivity contribution < 1.29 is 9.21 Å². The van der Waals surface area contributed by atoms with E-state index in [4.69, 9.17) is 9.52 Å². The molecule has 11 nitrogen and oxygen atoms in total. The molecule has 1 N–H and O–H groups in total. The van der Waals surface area contributed by atoms with Gasteiger partial charge >= 0.3 is 11.8 Å². The van der Waals surface area contributed by atoms with E-state index in [9.17, 15) is 4.79 Å². The Kier molecular flexibility index (Phi) is 4.35. The minimum Gasteiger partial charge on any atom is -0.412 e. The lowest BCUT2D eigenvalue weighted by atomic mass is 9.99. The Morgan fingerprint density at radius 2 is 2.24 bits per heavy atom. The number of imidazole rings is 1. The van der Waals surface area contributed by atoms with Gasteiger partial charge in [0.25, 0.3) is 5.89 Å². The van der Waals surface area contributed by atoms with Gasteiger partial charge < -0.3 is 14.3 Å². The molecular formula is C22H21N9O2. The molecular weight excluding hydrogens is 422 g/mol. The lowest BCUT2D eigenvalue weighted by molar-refractivity contribution is 0.0646. The molecule has 0 bridgehead atoms. The first-order chi connectivity index (χ1) is 16.1. The summed E-state index contributed by atoms with van der Waals surface area (Å²) in [6, 6.07) is 5.63. The number of fused-ring (bicyclic) bond motifs is 2. The zero-order chi connectivity index (χ0) is 22.5. The second-order valence-electron chi connectivity index (χ2n) is 8.02. The van der Waals surface area contributed by atoms with E-state index >= 15 is 0 Å². The molecule has 6 rings (SSSR count). The second-order valence-corrected chi connectivity index (χ2v) is 8.02. The number of aromatic amines is 1. The molecule has 33 heavy (non-hydrogen) atoms. The van der Waals surface area contributed by atoms with Gasteiger partial charge in [-0.3, -0.25) is 9.48 Å². The van der Waals surface area contributed by atoms with E-state index < -0.39 is 6.04 Å². The fourth-order valence-electron chi connectivity index (χ4n) is 4.40. The molecule has 6 heterocycles. The molecule has 1 atom stereocenters. The number of hydrogen-bond donors (Lipinski definition) is 1. The van der Waals surface area contributed by atoms with Crippen LogP contribution < -0.4 is 0 Å². The normalized spacial score (nSPS) is 15.8. The Balaban J connectivity index is 1.41. The first kappa shape index (κ1) is 19.4. The third-order valence-electron chi connectivity index (χ3n) is 6.01. The van der Waals surface area contributed by atoms with Gasteiger partial charge in [-0.25, -0.2) is 9.50 Å². The molecule has 11 heteroatoms. The Labute approximate surface area is 188 Å². The summed E-state index contributed by atoms with van der Waals surface area (Å²) in [5.41, 5.74) is 5.37. The van der Waals surface area contributed by atoms with Crippen molar-refractivity contribution in [3.8, 4) is 11.5 Å². The highest BCUT2D eigenvalue weighted by Gasteiger charge is 2.38. The monoisotopic (exact) mass is 443 g/mol. The van der Waals surface area contributed by atoms with Gasteiger partial charge in [-0.05, 0) is 24.1 Å². The average Bonchev–Trinajstić information content (AvgIpc) is 3.62. The fraction of sp³-hybridized carbons (Fsp3) is 0.273. The maximum Gasteiger partial charge on any atom is 0.312 e. The van der Waals surface area contributed by atoms with Crippen molar-refractivity contribution >= 4 is 11.4 Å². The summed E-state index contributed by atoms with van der Waals surface area (Å²) in [6.45, 7) is 2.58. The number of rotatable bonds is 4. The molecule has 0 fully saturated rings. The number of nitrogens with zero attached hydrogens (tertiary/aromatic N) is 8.